The van der Waals surface area contributed by atoms with Gasteiger partial charge in [-0.1, -0.05) is 6.92 Å². The zero-order valence-electron chi connectivity index (χ0n) is 10.6. The topological polar surface area (TPSA) is 67.1 Å². The van der Waals surface area contributed by atoms with Crippen LogP contribution in [-0.4, -0.2) is 28.0 Å². The van der Waals surface area contributed by atoms with Gasteiger partial charge in [0.25, 0.3) is 0 Å². The van der Waals surface area contributed by atoms with Crippen molar-refractivity contribution in [2.75, 3.05) is 18.5 Å². The van der Waals surface area contributed by atoms with Gasteiger partial charge in [-0.05, 0) is 32.2 Å². The van der Waals surface area contributed by atoms with Gasteiger partial charge in [-0.2, -0.15) is 0 Å². The number of aromatic nitrogens is 2. The van der Waals surface area contributed by atoms with Crippen molar-refractivity contribution in [1.29, 1.82) is 0 Å². The van der Waals surface area contributed by atoms with Crippen molar-refractivity contribution in [3.8, 4) is 0 Å². The molecule has 2 rings (SSSR count). The summed E-state index contributed by atoms with van der Waals surface area (Å²) in [6.07, 6.45) is 2.61. The van der Waals surface area contributed by atoms with Gasteiger partial charge >= 0.3 is 0 Å². The van der Waals surface area contributed by atoms with Crippen molar-refractivity contribution in [2.45, 2.75) is 33.2 Å². The molecule has 1 saturated heterocycles. The first-order chi connectivity index (χ1) is 8.17. The summed E-state index contributed by atoms with van der Waals surface area (Å²) in [6, 6.07) is 1.85. The molecule has 3 N–H and O–H groups in total. The van der Waals surface area contributed by atoms with E-state index in [0.29, 0.717) is 5.82 Å². The predicted octanol–water partition coefficient (Wildman–Crippen LogP) is 1.30. The lowest BCUT2D eigenvalue weighted by atomic mass is 10.0. The first-order valence-electron chi connectivity index (χ1n) is 6.21. The summed E-state index contributed by atoms with van der Waals surface area (Å²) in [5.74, 6) is 7.71. The number of nitrogens with two attached hydrogens (primary N) is 1. The number of hydrogen-bond donors (Lipinski definition) is 2. The lowest BCUT2D eigenvalue weighted by molar-refractivity contribution is 0.173. The van der Waals surface area contributed by atoms with Gasteiger partial charge in [0.1, 0.15) is 11.6 Å². The van der Waals surface area contributed by atoms with Gasteiger partial charge in [-0.3, -0.25) is 4.90 Å². The molecule has 1 fully saturated rings. The number of rotatable bonds is 3. The van der Waals surface area contributed by atoms with E-state index >= 15 is 0 Å². The van der Waals surface area contributed by atoms with E-state index in [0.717, 1.165) is 37.1 Å². The summed E-state index contributed by atoms with van der Waals surface area (Å²) in [5.41, 5.74) is 3.54. The van der Waals surface area contributed by atoms with Crippen molar-refractivity contribution in [3.05, 3.63) is 17.6 Å². The summed E-state index contributed by atoms with van der Waals surface area (Å²) in [7, 11) is 0. The molecule has 2 heterocycles. The van der Waals surface area contributed by atoms with Gasteiger partial charge in [0.15, 0.2) is 0 Å². The number of likely N-dealkylation sites (tertiary alicyclic amines) is 1. The van der Waals surface area contributed by atoms with Crippen LogP contribution in [-0.2, 0) is 6.54 Å². The smallest absolute Gasteiger partial charge is 0.145 e. The van der Waals surface area contributed by atoms with Gasteiger partial charge in [0.2, 0.25) is 0 Å². The van der Waals surface area contributed by atoms with Crippen molar-refractivity contribution >= 4 is 5.82 Å². The number of aryl methyl sites for hydroxylation is 1. The van der Waals surface area contributed by atoms with E-state index in [2.05, 4.69) is 27.2 Å². The Morgan fingerprint density at radius 1 is 1.53 bits per heavy atom. The quantitative estimate of drug-likeness (QED) is 0.610. The van der Waals surface area contributed by atoms with Crippen LogP contribution in [0.5, 0.6) is 0 Å². The molecule has 1 aromatic rings. The van der Waals surface area contributed by atoms with Crippen LogP contribution < -0.4 is 11.3 Å². The molecule has 0 saturated carbocycles. The summed E-state index contributed by atoms with van der Waals surface area (Å²) < 4.78 is 0. The van der Waals surface area contributed by atoms with Gasteiger partial charge in [0, 0.05) is 18.3 Å². The first-order valence-corrected chi connectivity index (χ1v) is 6.21. The fourth-order valence-electron chi connectivity index (χ4n) is 2.40. The number of anilines is 1. The van der Waals surface area contributed by atoms with Gasteiger partial charge in [0.05, 0.1) is 6.54 Å². The van der Waals surface area contributed by atoms with Crippen molar-refractivity contribution in [3.63, 3.8) is 0 Å². The van der Waals surface area contributed by atoms with E-state index in [-0.39, 0.29) is 0 Å². The van der Waals surface area contributed by atoms with Gasteiger partial charge in [-0.25, -0.2) is 15.8 Å². The van der Waals surface area contributed by atoms with E-state index in [1.54, 1.807) is 0 Å². The van der Waals surface area contributed by atoms with Crippen LogP contribution in [0.1, 0.15) is 31.3 Å². The standard InChI is InChI=1S/C12H21N5/c1-9-4-3-5-17(7-9)8-12-14-10(2)6-11(15-12)16-13/h6,9H,3-5,7-8,13H2,1-2H3,(H,14,15,16). The van der Waals surface area contributed by atoms with Crippen LogP contribution in [0.2, 0.25) is 0 Å². The number of hydrazine groups is 1. The lowest BCUT2D eigenvalue weighted by Gasteiger charge is -2.30. The molecule has 0 spiro atoms. The summed E-state index contributed by atoms with van der Waals surface area (Å²) in [6.45, 7) is 7.37. The molecule has 5 heteroatoms. The molecule has 1 aromatic heterocycles. The normalized spacial score (nSPS) is 21.5. The second-order valence-electron chi connectivity index (χ2n) is 4.94. The van der Waals surface area contributed by atoms with E-state index in [9.17, 15) is 0 Å². The Hall–Kier alpha value is -1.20. The van der Waals surface area contributed by atoms with Crippen LogP contribution in [0.3, 0.4) is 0 Å². The van der Waals surface area contributed by atoms with Crippen LogP contribution in [0.25, 0.3) is 0 Å². The largest absolute Gasteiger partial charge is 0.308 e. The molecule has 1 atom stereocenters. The highest BCUT2D eigenvalue weighted by Gasteiger charge is 2.17. The Bertz CT molecular complexity index is 379. The fourth-order valence-corrected chi connectivity index (χ4v) is 2.40. The van der Waals surface area contributed by atoms with Crippen molar-refractivity contribution < 1.29 is 0 Å². The van der Waals surface area contributed by atoms with E-state index in [1.807, 2.05) is 13.0 Å². The molecule has 1 aliphatic rings. The van der Waals surface area contributed by atoms with Crippen LogP contribution in [0.4, 0.5) is 5.82 Å². The minimum Gasteiger partial charge on any atom is -0.308 e. The molecule has 0 aliphatic carbocycles. The van der Waals surface area contributed by atoms with Crippen molar-refractivity contribution in [2.24, 2.45) is 11.8 Å². The predicted molar refractivity (Wildman–Crippen MR) is 68.3 cm³/mol. The Morgan fingerprint density at radius 2 is 2.35 bits per heavy atom. The number of piperidine rings is 1. The van der Waals surface area contributed by atoms with Gasteiger partial charge < -0.3 is 5.43 Å². The SMILES string of the molecule is Cc1cc(NN)nc(CN2CCCC(C)C2)n1. The van der Waals surface area contributed by atoms with E-state index in [1.165, 1.54) is 12.8 Å². The third-order valence-corrected chi connectivity index (χ3v) is 3.15. The molecule has 1 aliphatic heterocycles. The highest BCUT2D eigenvalue weighted by molar-refractivity contribution is 5.33. The zero-order valence-corrected chi connectivity index (χ0v) is 10.6. The monoisotopic (exact) mass is 235 g/mol. The number of hydrogen-bond acceptors (Lipinski definition) is 5. The minimum atomic E-state index is 0.692. The number of nitrogens with zero attached hydrogens (tertiary/aromatic N) is 3. The highest BCUT2D eigenvalue weighted by atomic mass is 15.3. The Kier molecular flexibility index (Phi) is 3.91. The molecule has 17 heavy (non-hydrogen) atoms. The lowest BCUT2D eigenvalue weighted by Crippen LogP contribution is -2.34. The number of nitrogen functional groups attached to an aromatic ring is 1. The summed E-state index contributed by atoms with van der Waals surface area (Å²) >= 11 is 0. The molecule has 0 radical (unpaired) electrons. The Balaban J connectivity index is 2.04. The van der Waals surface area contributed by atoms with Gasteiger partial charge in [-0.15, -0.1) is 0 Å². The van der Waals surface area contributed by atoms with Crippen LogP contribution >= 0.6 is 0 Å². The minimum absolute atomic E-state index is 0.692. The maximum Gasteiger partial charge on any atom is 0.145 e. The maximum absolute atomic E-state index is 5.39. The zero-order chi connectivity index (χ0) is 12.3. The summed E-state index contributed by atoms with van der Waals surface area (Å²) in [4.78, 5) is 11.3. The third-order valence-electron chi connectivity index (χ3n) is 3.15. The average Bonchev–Trinajstić information content (AvgIpc) is 2.28. The molecule has 0 bridgehead atoms. The molecule has 94 valence electrons. The van der Waals surface area contributed by atoms with Crippen molar-refractivity contribution in [1.82, 2.24) is 14.9 Å². The number of nitrogens with one attached hydrogen (secondary N) is 1. The fraction of sp³-hybridized carbons (Fsp3) is 0.667. The second kappa shape index (κ2) is 5.42. The third kappa shape index (κ3) is 3.38. The van der Waals surface area contributed by atoms with E-state index < -0.39 is 0 Å². The molecule has 1 unspecified atom stereocenters. The maximum atomic E-state index is 5.39. The molecule has 0 aromatic carbocycles. The Labute approximate surface area is 102 Å². The van der Waals surface area contributed by atoms with E-state index in [4.69, 9.17) is 5.84 Å². The summed E-state index contributed by atoms with van der Waals surface area (Å²) in [5, 5.41) is 0. The molecular formula is C12H21N5. The average molecular weight is 235 g/mol. The Morgan fingerprint density at radius 3 is 3.06 bits per heavy atom. The molecular weight excluding hydrogens is 214 g/mol. The van der Waals surface area contributed by atoms with Crippen LogP contribution in [0.15, 0.2) is 6.07 Å². The molecule has 0 amide bonds. The molecule has 5 nitrogen and oxygen atoms in total. The highest BCUT2D eigenvalue weighted by Crippen LogP contribution is 2.17. The first kappa shape index (κ1) is 12.3. The van der Waals surface area contributed by atoms with Crippen LogP contribution in [0, 0.1) is 12.8 Å². The second-order valence-corrected chi connectivity index (χ2v) is 4.94.